The van der Waals surface area contributed by atoms with E-state index in [1.54, 1.807) is 0 Å². The van der Waals surface area contributed by atoms with Crippen molar-refractivity contribution in [2.45, 2.75) is 13.2 Å². The standard InChI is InChI=1S/C4H6NO3/c1-3-5(7)2-4(6)8-3/h3H,2H2,1H3/q-1. The summed E-state index contributed by atoms with van der Waals surface area (Å²) in [5, 5.41) is 11.0. The van der Waals surface area contributed by atoms with Crippen molar-refractivity contribution in [3.05, 3.63) is 5.21 Å². The van der Waals surface area contributed by atoms with Crippen molar-refractivity contribution in [1.29, 1.82) is 0 Å². The van der Waals surface area contributed by atoms with Crippen molar-refractivity contribution in [3.63, 3.8) is 0 Å². The summed E-state index contributed by atoms with van der Waals surface area (Å²) in [4.78, 5) is 10.2. The third-order valence-electron chi connectivity index (χ3n) is 0.992. The molecule has 1 saturated heterocycles. The van der Waals surface area contributed by atoms with Crippen LogP contribution >= 0.6 is 0 Å². The Morgan fingerprint density at radius 2 is 2.62 bits per heavy atom. The van der Waals surface area contributed by atoms with Gasteiger partial charge in [-0.2, -0.15) is 0 Å². The zero-order valence-electron chi connectivity index (χ0n) is 4.46. The molecule has 8 heavy (non-hydrogen) atoms. The van der Waals surface area contributed by atoms with Crippen LogP contribution in [0.25, 0.3) is 0 Å². The summed E-state index contributed by atoms with van der Waals surface area (Å²) >= 11 is 0. The first-order valence-corrected chi connectivity index (χ1v) is 2.33. The molecule has 0 N–H and O–H groups in total. The molecule has 1 unspecified atom stereocenters. The molecule has 0 aliphatic carbocycles. The highest BCUT2D eigenvalue weighted by molar-refractivity contribution is 5.73. The minimum absolute atomic E-state index is 0.124. The van der Waals surface area contributed by atoms with Crippen LogP contribution < -0.4 is 0 Å². The van der Waals surface area contributed by atoms with Crippen LogP contribution in [0.2, 0.25) is 0 Å². The fourth-order valence-electron chi connectivity index (χ4n) is 0.542. The molecule has 0 amide bonds. The summed E-state index contributed by atoms with van der Waals surface area (Å²) in [6.45, 7) is 1.42. The van der Waals surface area contributed by atoms with E-state index in [1.807, 2.05) is 0 Å². The number of hydrogen-bond donors (Lipinski definition) is 0. The maximum atomic E-state index is 10.4. The summed E-state index contributed by atoms with van der Waals surface area (Å²) in [7, 11) is 0. The van der Waals surface area contributed by atoms with Gasteiger partial charge in [0, 0.05) is 0 Å². The Labute approximate surface area is 46.6 Å². The van der Waals surface area contributed by atoms with Crippen molar-refractivity contribution in [1.82, 2.24) is 5.06 Å². The second-order valence-electron chi connectivity index (χ2n) is 1.66. The topological polar surface area (TPSA) is 52.6 Å². The first-order chi connectivity index (χ1) is 3.70. The summed E-state index contributed by atoms with van der Waals surface area (Å²) in [6.07, 6.45) is -0.581. The first-order valence-electron chi connectivity index (χ1n) is 2.33. The van der Waals surface area contributed by atoms with E-state index in [0.29, 0.717) is 5.06 Å². The smallest absolute Gasteiger partial charge is 0.320 e. The lowest BCUT2D eigenvalue weighted by Crippen LogP contribution is -2.19. The van der Waals surface area contributed by atoms with Gasteiger partial charge in [0.25, 0.3) is 0 Å². The summed E-state index contributed by atoms with van der Waals surface area (Å²) in [6, 6.07) is 0. The highest BCUT2D eigenvalue weighted by atomic mass is 16.6. The quantitative estimate of drug-likeness (QED) is 0.407. The third-order valence-corrected chi connectivity index (χ3v) is 0.992. The van der Waals surface area contributed by atoms with Crippen LogP contribution in [0, 0.1) is 5.21 Å². The number of carbonyl (C=O) groups excluding carboxylic acids is 1. The molecule has 4 heteroatoms. The normalized spacial score (nSPS) is 30.8. The van der Waals surface area contributed by atoms with E-state index in [4.69, 9.17) is 0 Å². The van der Waals surface area contributed by atoms with E-state index >= 15 is 0 Å². The molecule has 0 radical (unpaired) electrons. The minimum Gasteiger partial charge on any atom is -0.782 e. The summed E-state index contributed by atoms with van der Waals surface area (Å²) < 4.78 is 4.45. The second-order valence-corrected chi connectivity index (χ2v) is 1.66. The van der Waals surface area contributed by atoms with Gasteiger partial charge in [0.15, 0.2) is 0 Å². The Kier molecular flexibility index (Phi) is 1.19. The molecule has 1 atom stereocenters. The zero-order valence-corrected chi connectivity index (χ0v) is 4.46. The molecule has 0 aromatic carbocycles. The van der Waals surface area contributed by atoms with Crippen LogP contribution in [-0.2, 0) is 9.53 Å². The average Bonchev–Trinajstić information content (AvgIpc) is 1.85. The Balaban J connectivity index is 2.51. The van der Waals surface area contributed by atoms with Crippen LogP contribution in [0.5, 0.6) is 0 Å². The molecule has 46 valence electrons. The Hall–Kier alpha value is -0.610. The maximum Gasteiger partial charge on any atom is 0.320 e. The molecule has 1 aliphatic heterocycles. The van der Waals surface area contributed by atoms with E-state index in [1.165, 1.54) is 6.92 Å². The van der Waals surface area contributed by atoms with Gasteiger partial charge in [-0.3, -0.25) is 4.79 Å². The van der Waals surface area contributed by atoms with Gasteiger partial charge in [-0.15, -0.1) is 0 Å². The predicted octanol–water partition coefficient (Wildman–Crippen LogP) is -0.311. The fourth-order valence-corrected chi connectivity index (χ4v) is 0.542. The Bertz CT molecular complexity index is 102. The van der Waals surface area contributed by atoms with Crippen molar-refractivity contribution in [2.24, 2.45) is 0 Å². The zero-order chi connectivity index (χ0) is 6.15. The number of cyclic esters (lactones) is 1. The third kappa shape index (κ3) is 0.801. The van der Waals surface area contributed by atoms with E-state index in [-0.39, 0.29) is 6.54 Å². The van der Waals surface area contributed by atoms with Crippen molar-refractivity contribution in [3.8, 4) is 0 Å². The molecule has 0 aromatic heterocycles. The minimum atomic E-state index is -0.581. The molecule has 1 fully saturated rings. The molecule has 1 aliphatic rings. The van der Waals surface area contributed by atoms with Crippen molar-refractivity contribution >= 4 is 5.97 Å². The molecule has 0 saturated carbocycles. The average molecular weight is 116 g/mol. The second kappa shape index (κ2) is 1.72. The monoisotopic (exact) mass is 116 g/mol. The molecular formula is C4H6NO3-. The molecule has 1 heterocycles. The predicted molar refractivity (Wildman–Crippen MR) is 25.6 cm³/mol. The lowest BCUT2D eigenvalue weighted by Gasteiger charge is -2.22. The van der Waals surface area contributed by atoms with Crippen LogP contribution in [-0.4, -0.2) is 23.8 Å². The number of esters is 1. The number of hydroxylamine groups is 2. The van der Waals surface area contributed by atoms with E-state index in [2.05, 4.69) is 4.74 Å². The highest BCUT2D eigenvalue weighted by Gasteiger charge is 2.19. The lowest BCUT2D eigenvalue weighted by atomic mass is 10.6. The number of carbonyl (C=O) groups is 1. The van der Waals surface area contributed by atoms with E-state index < -0.39 is 12.2 Å². The van der Waals surface area contributed by atoms with Gasteiger partial charge in [-0.25, -0.2) is 0 Å². The van der Waals surface area contributed by atoms with Crippen LogP contribution in [0.1, 0.15) is 6.92 Å². The summed E-state index contributed by atoms with van der Waals surface area (Å²) in [5.41, 5.74) is 0. The molecule has 0 aromatic rings. The first kappa shape index (κ1) is 5.53. The van der Waals surface area contributed by atoms with E-state index in [0.717, 1.165) is 0 Å². The van der Waals surface area contributed by atoms with Gasteiger partial charge >= 0.3 is 5.97 Å². The van der Waals surface area contributed by atoms with Gasteiger partial charge in [0.1, 0.15) is 6.23 Å². The summed E-state index contributed by atoms with van der Waals surface area (Å²) in [5.74, 6) is -0.437. The van der Waals surface area contributed by atoms with Crippen LogP contribution in [0.3, 0.4) is 0 Å². The van der Waals surface area contributed by atoms with Gasteiger partial charge in [0.05, 0.1) is 6.54 Å². The fraction of sp³-hybridized carbons (Fsp3) is 0.750. The largest absolute Gasteiger partial charge is 0.782 e. The van der Waals surface area contributed by atoms with E-state index in [9.17, 15) is 10.0 Å². The SMILES string of the molecule is CC1OC(=O)CN1[O-]. The Morgan fingerprint density at radius 3 is 2.75 bits per heavy atom. The van der Waals surface area contributed by atoms with Gasteiger partial charge in [0.2, 0.25) is 0 Å². The molecule has 4 nitrogen and oxygen atoms in total. The maximum absolute atomic E-state index is 10.4. The Morgan fingerprint density at radius 1 is 2.00 bits per heavy atom. The van der Waals surface area contributed by atoms with Gasteiger partial charge in [-0.1, -0.05) is 0 Å². The number of hydrogen-bond acceptors (Lipinski definition) is 4. The van der Waals surface area contributed by atoms with Gasteiger partial charge in [-0.05, 0) is 6.92 Å². The van der Waals surface area contributed by atoms with Crippen LogP contribution in [0.15, 0.2) is 0 Å². The molecule has 0 bridgehead atoms. The number of ether oxygens (including phenoxy) is 1. The molecule has 1 rings (SSSR count). The van der Waals surface area contributed by atoms with Crippen molar-refractivity contribution < 1.29 is 9.53 Å². The lowest BCUT2D eigenvalue weighted by molar-refractivity contribution is -0.140. The number of nitrogens with zero attached hydrogens (tertiary/aromatic N) is 1. The molecule has 0 spiro atoms. The highest BCUT2D eigenvalue weighted by Crippen LogP contribution is 2.06. The van der Waals surface area contributed by atoms with Crippen LogP contribution in [0.4, 0.5) is 0 Å². The van der Waals surface area contributed by atoms with Gasteiger partial charge < -0.3 is 15.0 Å². The molecular weight excluding hydrogens is 110 g/mol. The van der Waals surface area contributed by atoms with Crippen molar-refractivity contribution in [2.75, 3.05) is 6.54 Å². The number of rotatable bonds is 0.